The van der Waals surface area contributed by atoms with Crippen molar-refractivity contribution in [1.82, 2.24) is 0 Å². The number of hydrogen-bond donors (Lipinski definition) is 4. The van der Waals surface area contributed by atoms with E-state index in [9.17, 15) is 30.0 Å². The van der Waals surface area contributed by atoms with E-state index in [1.165, 1.54) is 31.2 Å². The predicted molar refractivity (Wildman–Crippen MR) is 105 cm³/mol. The maximum Gasteiger partial charge on any atom is 0.414 e. The zero-order valence-electron chi connectivity index (χ0n) is 16.4. The monoisotopic (exact) mass is 488 g/mol. The highest BCUT2D eigenvalue weighted by Crippen LogP contribution is 2.26. The first kappa shape index (κ1) is 29.0. The highest BCUT2D eigenvalue weighted by Gasteiger charge is 2.43. The summed E-state index contributed by atoms with van der Waals surface area (Å²) in [7, 11) is -8.01. The molecule has 0 spiro atoms. The quantitative estimate of drug-likeness (QED) is 0.480. The number of aliphatic hydroxyl groups is 2. The van der Waals surface area contributed by atoms with Crippen molar-refractivity contribution in [3.05, 3.63) is 60.7 Å². The van der Waals surface area contributed by atoms with Crippen molar-refractivity contribution in [1.29, 1.82) is 0 Å². The number of hydrogen-bond acceptors (Lipinski definition) is 6. The van der Waals surface area contributed by atoms with Crippen molar-refractivity contribution in [3.63, 3.8) is 0 Å². The van der Waals surface area contributed by atoms with Gasteiger partial charge in [-0.25, -0.2) is 0 Å². The third kappa shape index (κ3) is 11.8. The van der Waals surface area contributed by atoms with Gasteiger partial charge in [0.1, 0.15) is 0 Å². The Morgan fingerprint density at radius 2 is 1.00 bits per heavy atom. The van der Waals surface area contributed by atoms with Crippen LogP contribution in [-0.2, 0) is 20.2 Å². The molecule has 31 heavy (non-hydrogen) atoms. The van der Waals surface area contributed by atoms with Gasteiger partial charge in [0, 0.05) is 5.92 Å². The van der Waals surface area contributed by atoms with Gasteiger partial charge >= 0.3 is 6.18 Å². The normalized spacial score (nSPS) is 14.7. The maximum atomic E-state index is 11.7. The molecule has 4 N–H and O–H groups in total. The van der Waals surface area contributed by atoms with Crippen molar-refractivity contribution < 1.29 is 49.3 Å². The minimum atomic E-state index is -4.64. The van der Waals surface area contributed by atoms with Crippen LogP contribution in [-0.4, -0.2) is 54.5 Å². The molecular formula is C18H23F3O8S2. The van der Waals surface area contributed by atoms with E-state index in [1.807, 2.05) is 0 Å². The van der Waals surface area contributed by atoms with Crippen LogP contribution in [0.5, 0.6) is 0 Å². The minimum absolute atomic E-state index is 0.0741. The molecule has 13 heteroatoms. The molecule has 0 aliphatic carbocycles. The third-order valence-corrected chi connectivity index (χ3v) is 5.41. The van der Waals surface area contributed by atoms with Gasteiger partial charge in [-0.15, -0.1) is 0 Å². The first-order chi connectivity index (χ1) is 14.0. The Kier molecular flexibility index (Phi) is 11.3. The molecule has 2 aromatic rings. The summed E-state index contributed by atoms with van der Waals surface area (Å²) in [6.45, 7) is 2.35. The van der Waals surface area contributed by atoms with Gasteiger partial charge in [0.2, 0.25) is 0 Å². The molecule has 0 aromatic heterocycles. The molecule has 3 unspecified atom stereocenters. The molecule has 2 rings (SSSR count). The summed E-state index contributed by atoms with van der Waals surface area (Å²) in [5, 5.41) is 17.2. The molecule has 0 heterocycles. The Morgan fingerprint density at radius 1 is 0.710 bits per heavy atom. The van der Waals surface area contributed by atoms with Gasteiger partial charge in [-0.2, -0.15) is 30.0 Å². The lowest BCUT2D eigenvalue weighted by Gasteiger charge is -2.23. The molecule has 0 saturated heterocycles. The Morgan fingerprint density at radius 3 is 1.13 bits per heavy atom. The van der Waals surface area contributed by atoms with Gasteiger partial charge in [-0.1, -0.05) is 43.3 Å². The minimum Gasteiger partial charge on any atom is -0.393 e. The lowest BCUT2D eigenvalue weighted by atomic mass is 9.99. The summed E-state index contributed by atoms with van der Waals surface area (Å²) in [4.78, 5) is -0.148. The number of aliphatic hydroxyl groups excluding tert-OH is 2. The second kappa shape index (κ2) is 12.1. The number of halogens is 3. The van der Waals surface area contributed by atoms with E-state index in [0.717, 1.165) is 6.92 Å². The van der Waals surface area contributed by atoms with E-state index in [4.69, 9.17) is 19.3 Å². The summed E-state index contributed by atoms with van der Waals surface area (Å²) < 4.78 is 93.6. The van der Waals surface area contributed by atoms with Crippen LogP contribution >= 0.6 is 0 Å². The van der Waals surface area contributed by atoms with Crippen molar-refractivity contribution in [2.24, 2.45) is 5.92 Å². The van der Waals surface area contributed by atoms with Gasteiger partial charge < -0.3 is 10.2 Å². The van der Waals surface area contributed by atoms with Crippen LogP contribution in [0.4, 0.5) is 13.2 Å². The first-order valence-corrected chi connectivity index (χ1v) is 11.3. The molecule has 176 valence electrons. The van der Waals surface area contributed by atoms with E-state index in [2.05, 4.69) is 0 Å². The van der Waals surface area contributed by atoms with Crippen LogP contribution in [0, 0.1) is 5.92 Å². The molecule has 0 amide bonds. The zero-order chi connectivity index (χ0) is 24.5. The fourth-order valence-electron chi connectivity index (χ4n) is 1.75. The summed E-state index contributed by atoms with van der Waals surface area (Å²) in [5.74, 6) is -1.19. The van der Waals surface area contributed by atoms with E-state index in [0.29, 0.717) is 0 Å². The Bertz CT molecular complexity index is 910. The molecule has 8 nitrogen and oxygen atoms in total. The highest BCUT2D eigenvalue weighted by molar-refractivity contribution is 7.86. The molecule has 0 aliphatic heterocycles. The van der Waals surface area contributed by atoms with Crippen LogP contribution in [0.25, 0.3) is 0 Å². The Hall–Kier alpha value is -2.03. The third-order valence-electron chi connectivity index (χ3n) is 3.68. The van der Waals surface area contributed by atoms with E-state index < -0.39 is 44.5 Å². The van der Waals surface area contributed by atoms with Gasteiger partial charge in [0.25, 0.3) is 20.2 Å². The second-order valence-corrected chi connectivity index (χ2v) is 9.01. The topological polar surface area (TPSA) is 149 Å². The van der Waals surface area contributed by atoms with Gasteiger partial charge in [0.05, 0.1) is 15.9 Å². The maximum absolute atomic E-state index is 11.7. The smallest absolute Gasteiger partial charge is 0.393 e. The lowest BCUT2D eigenvalue weighted by molar-refractivity contribution is -0.225. The van der Waals surface area contributed by atoms with Crippen LogP contribution in [0.2, 0.25) is 0 Å². The molecule has 3 atom stereocenters. The molecule has 0 bridgehead atoms. The fourth-order valence-corrected chi connectivity index (χ4v) is 2.75. The van der Waals surface area contributed by atoms with Crippen LogP contribution in [0.1, 0.15) is 13.8 Å². The molecule has 0 saturated carbocycles. The largest absolute Gasteiger partial charge is 0.414 e. The Balaban J connectivity index is 0.000000436. The van der Waals surface area contributed by atoms with Crippen LogP contribution in [0.3, 0.4) is 0 Å². The average Bonchev–Trinajstić information content (AvgIpc) is 2.67. The molecular weight excluding hydrogens is 465 g/mol. The van der Waals surface area contributed by atoms with Crippen molar-refractivity contribution in [2.45, 2.75) is 42.0 Å². The first-order valence-electron chi connectivity index (χ1n) is 8.45. The second-order valence-electron chi connectivity index (χ2n) is 6.16. The summed E-state index contributed by atoms with van der Waals surface area (Å²) in [6.07, 6.45) is -8.25. The zero-order valence-corrected chi connectivity index (χ0v) is 18.0. The standard InChI is InChI=1S/C6H11F3O2.2C6H6O3S/c1-3(4(2)10)5(11)6(7,8)9;2*7-10(8,9)6-4-2-1-3-5-6/h3-5,10-11H,1-2H3;2*1-5H,(H,7,8,9). The molecule has 0 aliphatic rings. The molecule has 0 radical (unpaired) electrons. The summed E-state index contributed by atoms with van der Waals surface area (Å²) in [5.41, 5.74) is 0. The van der Waals surface area contributed by atoms with Crippen LogP contribution < -0.4 is 0 Å². The lowest BCUT2D eigenvalue weighted by Crippen LogP contribution is -2.39. The van der Waals surface area contributed by atoms with Gasteiger partial charge in [-0.3, -0.25) is 9.11 Å². The average molecular weight is 489 g/mol. The van der Waals surface area contributed by atoms with Crippen LogP contribution in [0.15, 0.2) is 70.5 Å². The number of rotatable bonds is 4. The summed E-state index contributed by atoms with van der Waals surface area (Å²) >= 11 is 0. The highest BCUT2D eigenvalue weighted by atomic mass is 32.2. The Labute approximate surface area is 178 Å². The number of alkyl halides is 3. The van der Waals surface area contributed by atoms with E-state index in [1.54, 1.807) is 36.4 Å². The fraction of sp³-hybridized carbons (Fsp3) is 0.333. The van der Waals surface area contributed by atoms with E-state index in [-0.39, 0.29) is 9.79 Å². The number of benzene rings is 2. The summed E-state index contributed by atoms with van der Waals surface area (Å²) in [6, 6.07) is 14.8. The molecule has 0 fully saturated rings. The van der Waals surface area contributed by atoms with Gasteiger partial charge in [0.15, 0.2) is 6.10 Å². The van der Waals surface area contributed by atoms with Crippen molar-refractivity contribution >= 4 is 20.2 Å². The van der Waals surface area contributed by atoms with E-state index >= 15 is 0 Å². The predicted octanol–water partition coefficient (Wildman–Crippen LogP) is 2.79. The molecule has 2 aromatic carbocycles. The van der Waals surface area contributed by atoms with Gasteiger partial charge in [-0.05, 0) is 31.2 Å². The SMILES string of the molecule is CC(O)C(C)C(O)C(F)(F)F.O=S(=O)(O)c1ccccc1.O=S(=O)(O)c1ccccc1. The van der Waals surface area contributed by atoms with Crippen molar-refractivity contribution in [3.8, 4) is 0 Å². The van der Waals surface area contributed by atoms with Crippen molar-refractivity contribution in [2.75, 3.05) is 0 Å².